The Morgan fingerprint density at radius 3 is 2.07 bits per heavy atom. The normalized spacial score (nSPS) is 13.9. The fourth-order valence-corrected chi connectivity index (χ4v) is 2.81. The van der Waals surface area contributed by atoms with Crippen molar-refractivity contribution in [1.29, 1.82) is 0 Å². The highest BCUT2D eigenvalue weighted by Crippen LogP contribution is 2.43. The number of unbranched alkanes of at least 4 members (excludes halogenated alkanes) is 5. The molecule has 0 heterocycles. The summed E-state index contributed by atoms with van der Waals surface area (Å²) in [6.45, 7) is 6.12. The number of alkyl halides is 3. The van der Waals surface area contributed by atoms with Gasteiger partial charge in [0.15, 0.2) is 0 Å². The molecule has 0 rings (SSSR count). The van der Waals surface area contributed by atoms with Crippen molar-refractivity contribution in [2.45, 2.75) is 54.0 Å². The van der Waals surface area contributed by atoms with Gasteiger partial charge in [-0.05, 0) is 6.42 Å². The molecule has 0 aliphatic carbocycles. The number of rotatable bonds is 8. The van der Waals surface area contributed by atoms with E-state index in [-0.39, 0.29) is 2.14 Å². The second kappa shape index (κ2) is 9.23. The van der Waals surface area contributed by atoms with E-state index in [1.165, 1.54) is 44.9 Å². The summed E-state index contributed by atoms with van der Waals surface area (Å²) in [5.41, 5.74) is 0. The molecule has 15 heavy (non-hydrogen) atoms. The van der Waals surface area contributed by atoms with Crippen LogP contribution in [0.1, 0.15) is 51.9 Å². The number of hydrogen-bond donors (Lipinski definition) is 0. The van der Waals surface area contributed by atoms with Gasteiger partial charge in [-0.1, -0.05) is 99.3 Å². The van der Waals surface area contributed by atoms with Crippen LogP contribution in [-0.4, -0.2) is 2.14 Å². The van der Waals surface area contributed by atoms with Crippen LogP contribution in [0.15, 0.2) is 12.7 Å². The van der Waals surface area contributed by atoms with E-state index in [9.17, 15) is 0 Å². The van der Waals surface area contributed by atoms with Crippen molar-refractivity contribution in [1.82, 2.24) is 0 Å². The Labute approximate surface area is 120 Å². The van der Waals surface area contributed by atoms with Gasteiger partial charge in [-0.15, -0.1) is 6.58 Å². The topological polar surface area (TPSA) is 0 Å². The van der Waals surface area contributed by atoms with Crippen molar-refractivity contribution in [2.75, 3.05) is 0 Å². The van der Waals surface area contributed by atoms with Crippen molar-refractivity contribution in [3.05, 3.63) is 12.7 Å². The SMILES string of the molecule is C=CC(CCCCCCCC)C(Br)(Br)Br. The maximum atomic E-state index is 3.87. The summed E-state index contributed by atoms with van der Waals surface area (Å²) in [6.07, 6.45) is 11.3. The average molecular weight is 405 g/mol. The summed E-state index contributed by atoms with van der Waals surface area (Å²) in [7, 11) is 0. The van der Waals surface area contributed by atoms with Crippen LogP contribution in [0.4, 0.5) is 0 Å². The zero-order chi connectivity index (χ0) is 11.7. The van der Waals surface area contributed by atoms with Crippen LogP contribution < -0.4 is 0 Å². The lowest BCUT2D eigenvalue weighted by atomic mass is 10.0. The number of halogens is 3. The highest BCUT2D eigenvalue weighted by Gasteiger charge is 2.27. The molecule has 0 aromatic carbocycles. The van der Waals surface area contributed by atoms with Crippen LogP contribution in [-0.2, 0) is 0 Å². The van der Waals surface area contributed by atoms with Crippen molar-refractivity contribution >= 4 is 47.8 Å². The van der Waals surface area contributed by atoms with Gasteiger partial charge in [-0.2, -0.15) is 0 Å². The first kappa shape index (κ1) is 16.2. The van der Waals surface area contributed by atoms with E-state index in [0.717, 1.165) is 0 Å². The fourth-order valence-electron chi connectivity index (χ4n) is 1.56. The molecule has 0 aromatic heterocycles. The standard InChI is InChI=1S/C12H21Br3/c1-3-5-6-7-8-9-10-11(4-2)12(13,14)15/h4,11H,2-3,5-10H2,1H3. The molecule has 0 nitrogen and oxygen atoms in total. The molecule has 0 bridgehead atoms. The quantitative estimate of drug-likeness (QED) is 0.250. The van der Waals surface area contributed by atoms with Gasteiger partial charge in [-0.3, -0.25) is 0 Å². The van der Waals surface area contributed by atoms with E-state index < -0.39 is 0 Å². The lowest BCUT2D eigenvalue weighted by molar-refractivity contribution is 0.537. The molecule has 0 amide bonds. The van der Waals surface area contributed by atoms with Gasteiger partial charge >= 0.3 is 0 Å². The molecule has 0 aliphatic rings. The van der Waals surface area contributed by atoms with Crippen molar-refractivity contribution in [3.63, 3.8) is 0 Å². The first-order chi connectivity index (χ1) is 7.02. The highest BCUT2D eigenvalue weighted by molar-refractivity contribution is 9.39. The van der Waals surface area contributed by atoms with E-state index in [4.69, 9.17) is 0 Å². The van der Waals surface area contributed by atoms with E-state index in [1.54, 1.807) is 0 Å². The van der Waals surface area contributed by atoms with Crippen LogP contribution in [0.2, 0.25) is 0 Å². The Morgan fingerprint density at radius 2 is 1.60 bits per heavy atom. The van der Waals surface area contributed by atoms with Gasteiger partial charge in [0.25, 0.3) is 0 Å². The Morgan fingerprint density at radius 1 is 1.07 bits per heavy atom. The summed E-state index contributed by atoms with van der Waals surface area (Å²) >= 11 is 10.7. The lowest BCUT2D eigenvalue weighted by Gasteiger charge is -2.21. The largest absolute Gasteiger partial charge is 0.141 e. The minimum Gasteiger partial charge on any atom is -0.103 e. The Kier molecular flexibility index (Phi) is 9.96. The second-order valence-electron chi connectivity index (χ2n) is 3.94. The van der Waals surface area contributed by atoms with E-state index >= 15 is 0 Å². The summed E-state index contributed by atoms with van der Waals surface area (Å²) in [5, 5.41) is 0. The molecule has 0 N–H and O–H groups in total. The maximum absolute atomic E-state index is 3.87. The number of hydrogen-bond acceptors (Lipinski definition) is 0. The molecule has 0 radical (unpaired) electrons. The molecular formula is C12H21Br3. The van der Waals surface area contributed by atoms with Gasteiger partial charge in [0, 0.05) is 5.92 Å². The summed E-state index contributed by atoms with van der Waals surface area (Å²) < 4.78 is -0.168. The molecule has 0 saturated carbocycles. The first-order valence-electron chi connectivity index (χ1n) is 5.71. The van der Waals surface area contributed by atoms with Crippen molar-refractivity contribution in [2.24, 2.45) is 5.92 Å². The average Bonchev–Trinajstić information content (AvgIpc) is 2.15. The molecule has 0 fully saturated rings. The monoisotopic (exact) mass is 402 g/mol. The summed E-state index contributed by atoms with van der Waals surface area (Å²) in [5.74, 6) is 0.434. The molecule has 90 valence electrons. The fraction of sp³-hybridized carbons (Fsp3) is 0.833. The Hall–Kier alpha value is 1.18. The zero-order valence-corrected chi connectivity index (χ0v) is 14.2. The van der Waals surface area contributed by atoms with Crippen LogP contribution in [0.5, 0.6) is 0 Å². The molecule has 0 spiro atoms. The molecule has 0 aromatic rings. The molecule has 0 aliphatic heterocycles. The maximum Gasteiger partial charge on any atom is 0.141 e. The lowest BCUT2D eigenvalue weighted by Crippen LogP contribution is -2.14. The van der Waals surface area contributed by atoms with Crippen molar-refractivity contribution in [3.8, 4) is 0 Å². The molecular weight excluding hydrogens is 384 g/mol. The Balaban J connectivity index is 3.52. The van der Waals surface area contributed by atoms with E-state index in [0.29, 0.717) is 5.92 Å². The predicted molar refractivity (Wildman–Crippen MR) is 81.2 cm³/mol. The van der Waals surface area contributed by atoms with Crippen LogP contribution in [0.25, 0.3) is 0 Å². The summed E-state index contributed by atoms with van der Waals surface area (Å²) in [6, 6.07) is 0. The predicted octanol–water partition coefficient (Wildman–Crippen LogP) is 6.38. The summed E-state index contributed by atoms with van der Waals surface area (Å²) in [4.78, 5) is 0. The molecule has 1 unspecified atom stereocenters. The second-order valence-corrected chi connectivity index (χ2v) is 10.9. The molecule has 3 heteroatoms. The molecule has 0 saturated heterocycles. The van der Waals surface area contributed by atoms with E-state index in [2.05, 4.69) is 61.3 Å². The van der Waals surface area contributed by atoms with Crippen LogP contribution >= 0.6 is 47.8 Å². The molecule has 1 atom stereocenters. The third-order valence-corrected chi connectivity index (χ3v) is 4.34. The van der Waals surface area contributed by atoms with Gasteiger partial charge < -0.3 is 0 Å². The third kappa shape index (κ3) is 8.93. The van der Waals surface area contributed by atoms with Crippen LogP contribution in [0.3, 0.4) is 0 Å². The Bertz CT molecular complexity index is 161. The van der Waals surface area contributed by atoms with E-state index in [1.807, 2.05) is 6.08 Å². The van der Waals surface area contributed by atoms with Gasteiger partial charge in [0.2, 0.25) is 0 Å². The third-order valence-electron chi connectivity index (χ3n) is 2.57. The zero-order valence-electron chi connectivity index (χ0n) is 9.45. The van der Waals surface area contributed by atoms with Gasteiger partial charge in [0.05, 0.1) is 0 Å². The van der Waals surface area contributed by atoms with Crippen molar-refractivity contribution < 1.29 is 0 Å². The van der Waals surface area contributed by atoms with Crippen LogP contribution in [0, 0.1) is 5.92 Å². The minimum absolute atomic E-state index is 0.168. The smallest absolute Gasteiger partial charge is 0.103 e. The van der Waals surface area contributed by atoms with Gasteiger partial charge in [0.1, 0.15) is 2.14 Å². The first-order valence-corrected chi connectivity index (χ1v) is 8.09. The number of allylic oxidation sites excluding steroid dienone is 1. The highest BCUT2D eigenvalue weighted by atomic mass is 80.0. The minimum atomic E-state index is -0.168. The van der Waals surface area contributed by atoms with Gasteiger partial charge in [-0.25, -0.2) is 0 Å².